The number of fused-ring (bicyclic) bond motifs is 3. The van der Waals surface area contributed by atoms with Gasteiger partial charge in [0.15, 0.2) is 0 Å². The van der Waals surface area contributed by atoms with E-state index in [-0.39, 0.29) is 0 Å². The molecule has 3 heteroatoms. The van der Waals surface area contributed by atoms with Crippen LogP contribution < -0.4 is 0 Å². The Kier molecular flexibility index (Phi) is 4.66. The van der Waals surface area contributed by atoms with E-state index in [1.165, 1.54) is 0 Å². The van der Waals surface area contributed by atoms with Crippen molar-refractivity contribution in [2.24, 2.45) is 0 Å². The molecule has 0 unspecified atom stereocenters. The summed E-state index contributed by atoms with van der Waals surface area (Å²) in [5, 5.41) is 6.72. The van der Waals surface area contributed by atoms with E-state index in [0.717, 1.165) is 66.7 Å². The molecule has 0 atom stereocenters. The van der Waals surface area contributed by atoms with Crippen LogP contribution in [-0.4, -0.2) is 0 Å². The van der Waals surface area contributed by atoms with Crippen molar-refractivity contribution in [2.75, 3.05) is 0 Å². The number of hydrogen-bond donors (Lipinski definition) is 0. The summed E-state index contributed by atoms with van der Waals surface area (Å²) in [6.07, 6.45) is -4.36. The molecule has 0 saturated carbocycles. The Morgan fingerprint density at radius 3 is 1.68 bits per heavy atom. The van der Waals surface area contributed by atoms with Gasteiger partial charge in [-0.25, -0.2) is 0 Å². The highest BCUT2D eigenvalue weighted by atomic mass is 19.4. The third-order valence-electron chi connectivity index (χ3n) is 6.45. The molecule has 0 aliphatic heterocycles. The molecule has 0 aromatic heterocycles. The molecule has 0 amide bonds. The summed E-state index contributed by atoms with van der Waals surface area (Å²) in [6, 6.07) is 36.6. The van der Waals surface area contributed by atoms with Gasteiger partial charge in [0, 0.05) is 0 Å². The van der Waals surface area contributed by atoms with Crippen LogP contribution in [-0.2, 0) is 6.18 Å². The van der Waals surface area contributed by atoms with Crippen LogP contribution in [0.1, 0.15) is 5.56 Å². The van der Waals surface area contributed by atoms with Gasteiger partial charge < -0.3 is 0 Å². The lowest BCUT2D eigenvalue weighted by Crippen LogP contribution is -2.04. The number of rotatable bonds is 2. The van der Waals surface area contributed by atoms with Gasteiger partial charge in [-0.3, -0.25) is 0 Å². The first-order chi connectivity index (χ1) is 16.5. The highest BCUT2D eigenvalue weighted by molar-refractivity contribution is 6.10. The molecule has 6 aromatic rings. The predicted molar refractivity (Wildman–Crippen MR) is 135 cm³/mol. The number of halogens is 3. The maximum Gasteiger partial charge on any atom is 0.416 e. The largest absolute Gasteiger partial charge is 0.416 e. The minimum absolute atomic E-state index is 0.643. The number of benzene rings is 6. The van der Waals surface area contributed by atoms with Gasteiger partial charge in [-0.15, -0.1) is 0 Å². The highest BCUT2D eigenvalue weighted by Gasteiger charge is 2.30. The molecule has 34 heavy (non-hydrogen) atoms. The molecule has 0 spiro atoms. The number of hydrogen-bond acceptors (Lipinski definition) is 0. The van der Waals surface area contributed by atoms with Gasteiger partial charge >= 0.3 is 6.18 Å². The van der Waals surface area contributed by atoms with Gasteiger partial charge in [0.05, 0.1) is 5.56 Å². The molecular weight excluding hydrogens is 429 g/mol. The summed E-state index contributed by atoms with van der Waals surface area (Å²) in [7, 11) is 0. The van der Waals surface area contributed by atoms with E-state index in [0.29, 0.717) is 0 Å². The van der Waals surface area contributed by atoms with E-state index in [9.17, 15) is 13.2 Å². The average molecular weight is 448 g/mol. The van der Waals surface area contributed by atoms with E-state index in [1.54, 1.807) is 12.1 Å². The summed E-state index contributed by atoms with van der Waals surface area (Å²) in [4.78, 5) is 0. The van der Waals surface area contributed by atoms with Crippen LogP contribution in [0.3, 0.4) is 0 Å². The minimum Gasteiger partial charge on any atom is -0.166 e. The third-order valence-corrected chi connectivity index (χ3v) is 6.45. The summed E-state index contributed by atoms with van der Waals surface area (Å²) in [6.45, 7) is 0. The molecule has 0 aliphatic rings. The molecule has 0 saturated heterocycles. The molecule has 6 aromatic carbocycles. The van der Waals surface area contributed by atoms with Crippen LogP contribution in [0.4, 0.5) is 13.2 Å². The first-order valence-corrected chi connectivity index (χ1v) is 11.1. The molecule has 0 N–H and O–H groups in total. The second-order valence-corrected chi connectivity index (χ2v) is 8.55. The summed E-state index contributed by atoms with van der Waals surface area (Å²) in [5.41, 5.74) is 3.08. The first kappa shape index (κ1) is 20.5. The Morgan fingerprint density at radius 2 is 1.00 bits per heavy atom. The van der Waals surface area contributed by atoms with Crippen molar-refractivity contribution in [1.29, 1.82) is 0 Å². The van der Waals surface area contributed by atoms with Crippen molar-refractivity contribution in [2.45, 2.75) is 6.18 Å². The van der Waals surface area contributed by atoms with E-state index in [4.69, 9.17) is 0 Å². The van der Waals surface area contributed by atoms with Gasteiger partial charge in [0.2, 0.25) is 0 Å². The van der Waals surface area contributed by atoms with Gasteiger partial charge in [-0.1, -0.05) is 84.9 Å². The Balaban J connectivity index is 1.66. The smallest absolute Gasteiger partial charge is 0.166 e. The molecule has 0 radical (unpaired) electrons. The second kappa shape index (κ2) is 7.74. The van der Waals surface area contributed by atoms with Crippen LogP contribution in [0.25, 0.3) is 54.6 Å². The van der Waals surface area contributed by atoms with Crippen molar-refractivity contribution < 1.29 is 13.2 Å². The van der Waals surface area contributed by atoms with E-state index < -0.39 is 11.7 Å². The lowest BCUT2D eigenvalue weighted by Gasteiger charge is -2.16. The van der Waals surface area contributed by atoms with Gasteiger partial charge in [-0.05, 0) is 84.9 Å². The maximum absolute atomic E-state index is 13.2. The van der Waals surface area contributed by atoms with Crippen LogP contribution in [0.15, 0.2) is 115 Å². The lowest BCUT2D eigenvalue weighted by atomic mass is 9.87. The SMILES string of the molecule is FC(F)(F)c1ccc(-c2ccc3cc4ccccc4cc3c2-c2ccc3ccccc3c2)cc1. The van der Waals surface area contributed by atoms with Crippen molar-refractivity contribution >= 4 is 32.3 Å². The topological polar surface area (TPSA) is 0 Å². The monoisotopic (exact) mass is 448 g/mol. The molecule has 6 rings (SSSR count). The second-order valence-electron chi connectivity index (χ2n) is 8.55. The predicted octanol–water partition coefficient (Wildman–Crippen LogP) is 9.50. The Morgan fingerprint density at radius 1 is 0.441 bits per heavy atom. The zero-order valence-electron chi connectivity index (χ0n) is 18.1. The Bertz CT molecular complexity index is 1680. The summed E-state index contributed by atoms with van der Waals surface area (Å²) < 4.78 is 39.5. The molecule has 164 valence electrons. The van der Waals surface area contributed by atoms with Crippen molar-refractivity contribution in [1.82, 2.24) is 0 Å². The molecular formula is C31H19F3. The fourth-order valence-electron chi connectivity index (χ4n) is 4.75. The number of alkyl halides is 3. The van der Waals surface area contributed by atoms with Crippen LogP contribution >= 0.6 is 0 Å². The zero-order chi connectivity index (χ0) is 23.3. The van der Waals surface area contributed by atoms with E-state index in [2.05, 4.69) is 60.7 Å². The molecule has 0 heterocycles. The summed E-state index contributed by atoms with van der Waals surface area (Å²) >= 11 is 0. The van der Waals surface area contributed by atoms with E-state index in [1.807, 2.05) is 30.3 Å². The molecule has 0 aliphatic carbocycles. The average Bonchev–Trinajstić information content (AvgIpc) is 2.86. The van der Waals surface area contributed by atoms with Crippen molar-refractivity contribution in [3.63, 3.8) is 0 Å². The van der Waals surface area contributed by atoms with E-state index >= 15 is 0 Å². The highest BCUT2D eigenvalue weighted by Crippen LogP contribution is 2.41. The fraction of sp³-hybridized carbons (Fsp3) is 0.0323. The maximum atomic E-state index is 13.2. The van der Waals surface area contributed by atoms with Gasteiger partial charge in [-0.2, -0.15) is 13.2 Å². The first-order valence-electron chi connectivity index (χ1n) is 11.1. The minimum atomic E-state index is -4.36. The quantitative estimate of drug-likeness (QED) is 0.231. The van der Waals surface area contributed by atoms with Gasteiger partial charge in [0.1, 0.15) is 0 Å². The molecule has 0 nitrogen and oxygen atoms in total. The van der Waals surface area contributed by atoms with Gasteiger partial charge in [0.25, 0.3) is 0 Å². The van der Waals surface area contributed by atoms with Crippen molar-refractivity contribution in [3.05, 3.63) is 121 Å². The summed E-state index contributed by atoms with van der Waals surface area (Å²) in [5.74, 6) is 0. The fourth-order valence-corrected chi connectivity index (χ4v) is 4.75. The Labute approximate surface area is 194 Å². The van der Waals surface area contributed by atoms with Crippen LogP contribution in [0, 0.1) is 0 Å². The lowest BCUT2D eigenvalue weighted by molar-refractivity contribution is -0.137. The van der Waals surface area contributed by atoms with Crippen LogP contribution in [0.5, 0.6) is 0 Å². The molecule has 0 fully saturated rings. The normalized spacial score (nSPS) is 12.0. The third kappa shape index (κ3) is 3.50. The van der Waals surface area contributed by atoms with Crippen molar-refractivity contribution in [3.8, 4) is 22.3 Å². The Hall–Kier alpha value is -4.11. The standard InChI is InChI=1S/C31H19F3/c32-31(33,34)27-14-11-21(12-15-27)28-16-13-25-17-23-7-3-4-8-24(23)19-29(25)30(28)26-10-9-20-5-1-2-6-22(20)18-26/h1-19H. The zero-order valence-corrected chi connectivity index (χ0v) is 18.1. The molecule has 0 bridgehead atoms. The van der Waals surface area contributed by atoms with Crippen LogP contribution in [0.2, 0.25) is 0 Å².